The van der Waals surface area contributed by atoms with Gasteiger partial charge in [0.05, 0.1) is 0 Å². The van der Waals surface area contributed by atoms with E-state index in [-0.39, 0.29) is 5.56 Å². The maximum atomic E-state index is 10.7. The predicted molar refractivity (Wildman–Crippen MR) is 71.9 cm³/mol. The van der Waals surface area contributed by atoms with Crippen LogP contribution in [0, 0.1) is 0 Å². The summed E-state index contributed by atoms with van der Waals surface area (Å²) < 4.78 is 0. The summed E-state index contributed by atoms with van der Waals surface area (Å²) in [6.45, 7) is 10.1. The zero-order chi connectivity index (χ0) is 14.0. The monoisotopic (exact) mass is 251 g/mol. The van der Waals surface area contributed by atoms with Crippen LogP contribution in [0.1, 0.15) is 31.1 Å². The summed E-state index contributed by atoms with van der Waals surface area (Å²) in [4.78, 5) is 23.3. The van der Waals surface area contributed by atoms with Crippen molar-refractivity contribution in [2.45, 2.75) is 20.8 Å². The van der Waals surface area contributed by atoms with Crippen molar-refractivity contribution in [3.63, 3.8) is 0 Å². The average Bonchev–Trinajstić information content (AvgIpc) is 2.41. The van der Waals surface area contributed by atoms with Gasteiger partial charge in [-0.05, 0) is 19.6 Å². The van der Waals surface area contributed by atoms with E-state index in [1.54, 1.807) is 18.2 Å². The molecule has 100 valence electrons. The first kappa shape index (κ1) is 16.3. The highest BCUT2D eigenvalue weighted by Gasteiger charge is 2.12. The van der Waals surface area contributed by atoms with Gasteiger partial charge in [-0.1, -0.05) is 51.1 Å². The number of Topliss-reactive ketones (excluding diaryl/α,β-unsaturated/α-hetero) is 1. The Morgan fingerprint density at radius 3 is 1.72 bits per heavy atom. The molecule has 0 amide bonds. The topological polar surface area (TPSA) is 57.6 Å². The van der Waals surface area contributed by atoms with Crippen molar-refractivity contribution in [3.8, 4) is 0 Å². The van der Waals surface area contributed by atoms with Crippen LogP contribution in [0.15, 0.2) is 30.3 Å². The first-order valence-corrected chi connectivity index (χ1v) is 6.11. The lowest BCUT2D eigenvalue weighted by atomic mass is 10.1. The number of aliphatic carboxylic acids is 1. The molecule has 0 aliphatic rings. The highest BCUT2D eigenvalue weighted by Crippen LogP contribution is 1.98. The first-order chi connectivity index (χ1) is 8.56. The van der Waals surface area contributed by atoms with Crippen LogP contribution in [0.3, 0.4) is 0 Å². The van der Waals surface area contributed by atoms with E-state index in [2.05, 4.69) is 25.7 Å². The molecule has 0 saturated heterocycles. The molecule has 4 heteroatoms. The number of rotatable bonds is 5. The third-order valence-electron chi connectivity index (χ3n) is 2.57. The van der Waals surface area contributed by atoms with Gasteiger partial charge in [-0.15, -0.1) is 0 Å². The molecule has 0 spiro atoms. The van der Waals surface area contributed by atoms with E-state index in [1.165, 1.54) is 31.8 Å². The summed E-state index contributed by atoms with van der Waals surface area (Å²) in [6.07, 6.45) is 0. The summed E-state index contributed by atoms with van der Waals surface area (Å²) in [7, 11) is 0. The second kappa shape index (κ2) is 9.36. The Labute approximate surface area is 108 Å². The largest absolute Gasteiger partial charge is 0.475 e. The second-order valence-electron chi connectivity index (χ2n) is 3.62. The van der Waals surface area contributed by atoms with E-state index >= 15 is 0 Å². The van der Waals surface area contributed by atoms with Crippen molar-refractivity contribution < 1.29 is 14.7 Å². The number of hydrogen-bond acceptors (Lipinski definition) is 3. The lowest BCUT2D eigenvalue weighted by Gasteiger charge is -2.13. The van der Waals surface area contributed by atoms with Gasteiger partial charge in [-0.25, -0.2) is 4.79 Å². The molecule has 0 aromatic heterocycles. The Balaban J connectivity index is 0.000000360. The van der Waals surface area contributed by atoms with Crippen molar-refractivity contribution in [1.29, 1.82) is 0 Å². The Bertz CT molecular complexity index is 353. The van der Waals surface area contributed by atoms with Crippen LogP contribution in [-0.4, -0.2) is 41.4 Å². The summed E-state index contributed by atoms with van der Waals surface area (Å²) >= 11 is 0. The summed E-state index contributed by atoms with van der Waals surface area (Å²) in [5, 5.41) is 8.29. The maximum absolute atomic E-state index is 10.7. The molecular formula is C14H21NO3. The molecule has 1 aromatic rings. The van der Waals surface area contributed by atoms with Crippen molar-refractivity contribution in [3.05, 3.63) is 35.9 Å². The standard InChI is InChI=1S/C8H6O3.C6H15N/c9-7(8(10)11)6-4-2-1-3-5-6;1-4-7(5-2)6-3/h1-5H,(H,10,11);4-6H2,1-3H3. The Kier molecular flexibility index (Phi) is 8.49. The molecule has 0 bridgehead atoms. The summed E-state index contributed by atoms with van der Waals surface area (Å²) in [5.41, 5.74) is 0.208. The lowest BCUT2D eigenvalue weighted by Crippen LogP contribution is -2.21. The van der Waals surface area contributed by atoms with Crippen molar-refractivity contribution >= 4 is 11.8 Å². The number of carboxylic acid groups (broad SMARTS) is 1. The van der Waals surface area contributed by atoms with Crippen LogP contribution in [0.2, 0.25) is 0 Å². The molecule has 18 heavy (non-hydrogen) atoms. The Morgan fingerprint density at radius 2 is 1.44 bits per heavy atom. The highest BCUT2D eigenvalue weighted by molar-refractivity contribution is 6.39. The smallest absolute Gasteiger partial charge is 0.377 e. The van der Waals surface area contributed by atoms with Crippen molar-refractivity contribution in [2.24, 2.45) is 0 Å². The minimum atomic E-state index is -1.42. The van der Waals surface area contributed by atoms with E-state index in [1.807, 2.05) is 0 Å². The van der Waals surface area contributed by atoms with Gasteiger partial charge in [0, 0.05) is 5.56 Å². The molecule has 0 aliphatic heterocycles. The molecule has 0 heterocycles. The number of carbonyl (C=O) groups excluding carboxylic acids is 1. The fourth-order valence-corrected chi connectivity index (χ4v) is 1.38. The number of carbonyl (C=O) groups is 2. The molecule has 1 rings (SSSR count). The van der Waals surface area contributed by atoms with Crippen molar-refractivity contribution in [1.82, 2.24) is 4.90 Å². The van der Waals surface area contributed by atoms with Gasteiger partial charge >= 0.3 is 5.97 Å². The van der Waals surface area contributed by atoms with Gasteiger partial charge in [0.2, 0.25) is 0 Å². The van der Waals surface area contributed by atoms with E-state index in [4.69, 9.17) is 5.11 Å². The average molecular weight is 251 g/mol. The van der Waals surface area contributed by atoms with E-state index in [0.29, 0.717) is 0 Å². The fraction of sp³-hybridized carbons (Fsp3) is 0.429. The Hall–Kier alpha value is -1.68. The molecule has 1 N–H and O–H groups in total. The first-order valence-electron chi connectivity index (χ1n) is 6.11. The molecule has 0 saturated carbocycles. The van der Waals surface area contributed by atoms with E-state index in [0.717, 1.165) is 0 Å². The van der Waals surface area contributed by atoms with Gasteiger partial charge in [0.15, 0.2) is 0 Å². The van der Waals surface area contributed by atoms with Crippen LogP contribution in [0.5, 0.6) is 0 Å². The third kappa shape index (κ3) is 6.15. The lowest BCUT2D eigenvalue weighted by molar-refractivity contribution is -0.131. The van der Waals surface area contributed by atoms with Crippen LogP contribution < -0.4 is 0 Å². The number of benzene rings is 1. The quantitative estimate of drug-likeness (QED) is 0.644. The van der Waals surface area contributed by atoms with Crippen LogP contribution in [0.25, 0.3) is 0 Å². The van der Waals surface area contributed by atoms with Gasteiger partial charge in [-0.2, -0.15) is 0 Å². The molecule has 0 unspecified atom stereocenters. The van der Waals surface area contributed by atoms with Crippen LogP contribution >= 0.6 is 0 Å². The minimum absolute atomic E-state index is 0.208. The predicted octanol–water partition coefficient (Wildman–Crippen LogP) is 2.30. The molecule has 0 atom stereocenters. The van der Waals surface area contributed by atoms with Crippen LogP contribution in [-0.2, 0) is 4.79 Å². The third-order valence-corrected chi connectivity index (χ3v) is 2.57. The molecule has 0 fully saturated rings. The molecule has 0 aliphatic carbocycles. The van der Waals surface area contributed by atoms with E-state index < -0.39 is 11.8 Å². The molecule has 4 nitrogen and oxygen atoms in total. The number of carboxylic acids is 1. The van der Waals surface area contributed by atoms with Gasteiger partial charge in [0.25, 0.3) is 5.78 Å². The summed E-state index contributed by atoms with van der Waals surface area (Å²) in [6, 6.07) is 7.90. The molecular weight excluding hydrogens is 230 g/mol. The SMILES string of the molecule is CCN(CC)CC.O=C(O)C(=O)c1ccccc1. The summed E-state index contributed by atoms with van der Waals surface area (Å²) in [5.74, 6) is -2.29. The minimum Gasteiger partial charge on any atom is -0.475 e. The highest BCUT2D eigenvalue weighted by atomic mass is 16.4. The van der Waals surface area contributed by atoms with Crippen molar-refractivity contribution in [2.75, 3.05) is 19.6 Å². The normalized spacial score (nSPS) is 9.56. The molecule has 1 aromatic carbocycles. The van der Waals surface area contributed by atoms with Crippen LogP contribution in [0.4, 0.5) is 0 Å². The second-order valence-corrected chi connectivity index (χ2v) is 3.62. The van der Waals surface area contributed by atoms with Gasteiger partial charge < -0.3 is 10.0 Å². The number of hydrogen-bond donors (Lipinski definition) is 1. The zero-order valence-corrected chi connectivity index (χ0v) is 11.2. The number of nitrogens with zero attached hydrogens (tertiary/aromatic N) is 1. The zero-order valence-electron chi connectivity index (χ0n) is 11.2. The number of ketones is 1. The fourth-order valence-electron chi connectivity index (χ4n) is 1.38. The van der Waals surface area contributed by atoms with Gasteiger partial charge in [-0.3, -0.25) is 4.79 Å². The Morgan fingerprint density at radius 1 is 1.00 bits per heavy atom. The molecule has 0 radical (unpaired) electrons. The van der Waals surface area contributed by atoms with Gasteiger partial charge in [0.1, 0.15) is 0 Å². The van der Waals surface area contributed by atoms with E-state index in [9.17, 15) is 9.59 Å². The maximum Gasteiger partial charge on any atom is 0.377 e.